The topological polar surface area (TPSA) is 54.2 Å². The molecule has 1 saturated heterocycles. The van der Waals surface area contributed by atoms with Crippen LogP contribution in [-0.2, 0) is 19.4 Å². The molecule has 1 N–H and O–H groups in total. The van der Waals surface area contributed by atoms with Gasteiger partial charge in [-0.05, 0) is 44.8 Å². The molecule has 5 nitrogen and oxygen atoms in total. The van der Waals surface area contributed by atoms with E-state index in [4.69, 9.17) is 0 Å². The van der Waals surface area contributed by atoms with Crippen molar-refractivity contribution in [3.63, 3.8) is 0 Å². The number of hydrogen-bond acceptors (Lipinski definition) is 4. The highest BCUT2D eigenvalue weighted by Crippen LogP contribution is 2.23. The second-order valence-electron chi connectivity index (χ2n) is 5.91. The highest BCUT2D eigenvalue weighted by molar-refractivity contribution is 5.02. The van der Waals surface area contributed by atoms with Gasteiger partial charge in [0.05, 0.1) is 6.10 Å². The molecule has 19 heavy (non-hydrogen) atoms. The average Bonchev–Trinajstić information content (AvgIpc) is 2.82. The van der Waals surface area contributed by atoms with Gasteiger partial charge in [-0.25, -0.2) is 0 Å². The molecule has 5 heteroatoms. The third-order valence-corrected chi connectivity index (χ3v) is 4.63. The second kappa shape index (κ2) is 5.59. The van der Waals surface area contributed by atoms with Gasteiger partial charge in [-0.15, -0.1) is 10.2 Å². The fourth-order valence-corrected chi connectivity index (χ4v) is 3.29. The van der Waals surface area contributed by atoms with Crippen LogP contribution < -0.4 is 0 Å². The Morgan fingerprint density at radius 1 is 1.16 bits per heavy atom. The average molecular weight is 264 g/mol. The van der Waals surface area contributed by atoms with Crippen molar-refractivity contribution in [3.05, 3.63) is 11.6 Å². The molecular formula is C14H24N4O. The summed E-state index contributed by atoms with van der Waals surface area (Å²) >= 11 is 0. The van der Waals surface area contributed by atoms with Crippen molar-refractivity contribution in [1.29, 1.82) is 0 Å². The zero-order chi connectivity index (χ0) is 13.2. The maximum absolute atomic E-state index is 9.66. The fraction of sp³-hybridized carbons (Fsp3) is 0.857. The Morgan fingerprint density at radius 2 is 1.95 bits per heavy atom. The molecule has 3 rings (SSSR count). The second-order valence-corrected chi connectivity index (χ2v) is 5.91. The molecule has 106 valence electrons. The third-order valence-electron chi connectivity index (χ3n) is 4.63. The van der Waals surface area contributed by atoms with E-state index in [1.165, 1.54) is 32.5 Å². The number of aliphatic hydroxyl groups excluding tert-OH is 1. The van der Waals surface area contributed by atoms with Crippen LogP contribution in [0.15, 0.2) is 0 Å². The number of piperidine rings is 1. The smallest absolute Gasteiger partial charge is 0.135 e. The molecule has 3 heterocycles. The fourth-order valence-electron chi connectivity index (χ4n) is 3.29. The van der Waals surface area contributed by atoms with E-state index in [1.807, 2.05) is 0 Å². The van der Waals surface area contributed by atoms with Crippen molar-refractivity contribution in [2.24, 2.45) is 5.92 Å². The van der Waals surface area contributed by atoms with Gasteiger partial charge >= 0.3 is 0 Å². The number of aliphatic hydroxyl groups is 1. The molecule has 0 radical (unpaired) electrons. The van der Waals surface area contributed by atoms with Crippen LogP contribution in [0.2, 0.25) is 0 Å². The van der Waals surface area contributed by atoms with E-state index in [2.05, 4.69) is 26.6 Å². The van der Waals surface area contributed by atoms with Gasteiger partial charge in [0.15, 0.2) is 0 Å². The molecule has 0 spiro atoms. The Balaban J connectivity index is 1.62. The Labute approximate surface area is 114 Å². The van der Waals surface area contributed by atoms with Crippen LogP contribution in [0.1, 0.15) is 37.8 Å². The minimum Gasteiger partial charge on any atom is -0.393 e. The molecule has 2 aliphatic rings. The summed E-state index contributed by atoms with van der Waals surface area (Å²) in [6.07, 6.45) is 4.89. The van der Waals surface area contributed by atoms with E-state index in [-0.39, 0.29) is 6.10 Å². The monoisotopic (exact) mass is 264 g/mol. The van der Waals surface area contributed by atoms with Crippen molar-refractivity contribution < 1.29 is 5.11 Å². The van der Waals surface area contributed by atoms with Crippen LogP contribution in [0.3, 0.4) is 0 Å². The van der Waals surface area contributed by atoms with E-state index < -0.39 is 0 Å². The first-order valence-electron chi connectivity index (χ1n) is 7.57. The predicted octanol–water partition coefficient (Wildman–Crippen LogP) is 0.860. The first-order valence-corrected chi connectivity index (χ1v) is 7.57. The Morgan fingerprint density at radius 3 is 2.68 bits per heavy atom. The van der Waals surface area contributed by atoms with Crippen molar-refractivity contribution in [2.45, 2.75) is 51.7 Å². The third kappa shape index (κ3) is 2.82. The Bertz CT molecular complexity index is 423. The standard InChI is InChI=1S/C14H24N4O/c1-2-17-6-3-11(4-7-17)9-13-15-16-14-10-12(19)5-8-18(13)14/h11-12,19H,2-10H2,1H3. The predicted molar refractivity (Wildman–Crippen MR) is 72.9 cm³/mol. The molecule has 0 amide bonds. The van der Waals surface area contributed by atoms with E-state index in [0.29, 0.717) is 6.42 Å². The minimum absolute atomic E-state index is 0.225. The summed E-state index contributed by atoms with van der Waals surface area (Å²) in [5.41, 5.74) is 0. The highest BCUT2D eigenvalue weighted by Gasteiger charge is 2.24. The van der Waals surface area contributed by atoms with Crippen molar-refractivity contribution in [1.82, 2.24) is 19.7 Å². The summed E-state index contributed by atoms with van der Waals surface area (Å²) in [6, 6.07) is 0. The summed E-state index contributed by atoms with van der Waals surface area (Å²) < 4.78 is 2.24. The van der Waals surface area contributed by atoms with Crippen LogP contribution in [0.4, 0.5) is 0 Å². The van der Waals surface area contributed by atoms with Gasteiger partial charge in [0, 0.05) is 19.4 Å². The number of hydrogen-bond donors (Lipinski definition) is 1. The SMILES string of the molecule is CCN1CCC(Cc2nnc3n2CCC(O)C3)CC1. The Kier molecular flexibility index (Phi) is 3.84. The van der Waals surface area contributed by atoms with E-state index in [9.17, 15) is 5.11 Å². The zero-order valence-corrected chi connectivity index (χ0v) is 11.8. The first-order chi connectivity index (χ1) is 9.26. The van der Waals surface area contributed by atoms with Gasteiger partial charge in [0.1, 0.15) is 11.6 Å². The van der Waals surface area contributed by atoms with Crippen LogP contribution in [0, 0.1) is 5.92 Å². The van der Waals surface area contributed by atoms with Gasteiger partial charge in [-0.1, -0.05) is 6.92 Å². The molecule has 1 aromatic rings. The van der Waals surface area contributed by atoms with E-state index in [1.54, 1.807) is 0 Å². The molecule has 0 aliphatic carbocycles. The van der Waals surface area contributed by atoms with Crippen molar-refractivity contribution in [2.75, 3.05) is 19.6 Å². The lowest BCUT2D eigenvalue weighted by molar-refractivity contribution is 0.140. The molecule has 1 aromatic heterocycles. The lowest BCUT2D eigenvalue weighted by Crippen LogP contribution is -2.34. The van der Waals surface area contributed by atoms with Crippen LogP contribution in [-0.4, -0.2) is 50.5 Å². The lowest BCUT2D eigenvalue weighted by atomic mass is 9.93. The van der Waals surface area contributed by atoms with Gasteiger partial charge in [-0.3, -0.25) is 0 Å². The van der Waals surface area contributed by atoms with E-state index >= 15 is 0 Å². The molecule has 0 saturated carbocycles. The van der Waals surface area contributed by atoms with Crippen LogP contribution in [0.5, 0.6) is 0 Å². The maximum atomic E-state index is 9.66. The normalized spacial score (nSPS) is 25.5. The number of fused-ring (bicyclic) bond motifs is 1. The molecule has 1 fully saturated rings. The van der Waals surface area contributed by atoms with Crippen LogP contribution in [0.25, 0.3) is 0 Å². The number of aromatic nitrogens is 3. The molecule has 0 aromatic carbocycles. The molecule has 1 unspecified atom stereocenters. The quantitative estimate of drug-likeness (QED) is 0.880. The molecular weight excluding hydrogens is 240 g/mol. The van der Waals surface area contributed by atoms with Gasteiger partial charge in [0.25, 0.3) is 0 Å². The lowest BCUT2D eigenvalue weighted by Gasteiger charge is -2.31. The summed E-state index contributed by atoms with van der Waals surface area (Å²) in [7, 11) is 0. The maximum Gasteiger partial charge on any atom is 0.135 e. The first kappa shape index (κ1) is 13.1. The zero-order valence-electron chi connectivity index (χ0n) is 11.8. The summed E-state index contributed by atoms with van der Waals surface area (Å²) in [5.74, 6) is 2.86. The van der Waals surface area contributed by atoms with Crippen LogP contribution >= 0.6 is 0 Å². The van der Waals surface area contributed by atoms with E-state index in [0.717, 1.165) is 37.0 Å². The van der Waals surface area contributed by atoms with Gasteiger partial charge < -0.3 is 14.6 Å². The van der Waals surface area contributed by atoms with Gasteiger partial charge in [0.2, 0.25) is 0 Å². The molecule has 1 atom stereocenters. The number of likely N-dealkylation sites (tertiary alicyclic amines) is 1. The summed E-state index contributed by atoms with van der Waals surface area (Å²) in [6.45, 7) is 6.74. The number of nitrogens with zero attached hydrogens (tertiary/aromatic N) is 4. The highest BCUT2D eigenvalue weighted by atomic mass is 16.3. The molecule has 2 aliphatic heterocycles. The Hall–Kier alpha value is -0.940. The molecule has 0 bridgehead atoms. The largest absolute Gasteiger partial charge is 0.393 e. The van der Waals surface area contributed by atoms with Crippen molar-refractivity contribution >= 4 is 0 Å². The van der Waals surface area contributed by atoms with Crippen molar-refractivity contribution in [3.8, 4) is 0 Å². The summed E-state index contributed by atoms with van der Waals surface area (Å²) in [5, 5.41) is 18.3. The van der Waals surface area contributed by atoms with Gasteiger partial charge in [-0.2, -0.15) is 0 Å². The number of rotatable bonds is 3. The summed E-state index contributed by atoms with van der Waals surface area (Å²) in [4.78, 5) is 2.52. The minimum atomic E-state index is -0.225.